The molecular weight excluding hydrogens is 312 g/mol. The summed E-state index contributed by atoms with van der Waals surface area (Å²) < 4.78 is 0. The molecule has 3 unspecified atom stereocenters. The Morgan fingerprint density at radius 1 is 1.39 bits per heavy atom. The van der Waals surface area contributed by atoms with Crippen LogP contribution in [0.3, 0.4) is 0 Å². The van der Waals surface area contributed by atoms with Crippen LogP contribution < -0.4 is 10.6 Å². The Balaban J connectivity index is 0.00000192. The highest BCUT2D eigenvalue weighted by atomic mass is 35.5. The molecule has 1 aliphatic heterocycles. The van der Waals surface area contributed by atoms with Gasteiger partial charge < -0.3 is 15.7 Å². The minimum absolute atomic E-state index is 0. The molecule has 1 aliphatic carbocycles. The van der Waals surface area contributed by atoms with Crippen LogP contribution in [0.2, 0.25) is 0 Å². The van der Waals surface area contributed by atoms with Gasteiger partial charge in [-0.15, -0.1) is 12.4 Å². The minimum Gasteiger partial charge on any atom is -0.392 e. The van der Waals surface area contributed by atoms with E-state index in [0.717, 1.165) is 44.2 Å². The summed E-state index contributed by atoms with van der Waals surface area (Å²) in [5, 5.41) is 16.6. The number of hydrogen-bond acceptors (Lipinski definition) is 3. The predicted molar refractivity (Wildman–Crippen MR) is 93.7 cm³/mol. The van der Waals surface area contributed by atoms with Gasteiger partial charge in [-0.05, 0) is 30.4 Å². The van der Waals surface area contributed by atoms with Gasteiger partial charge in [0, 0.05) is 18.5 Å². The first-order valence-corrected chi connectivity index (χ1v) is 8.37. The average molecular weight is 339 g/mol. The maximum absolute atomic E-state index is 12.6. The van der Waals surface area contributed by atoms with Crippen molar-refractivity contribution in [2.24, 2.45) is 5.41 Å². The number of amides is 1. The fourth-order valence-corrected chi connectivity index (χ4v) is 3.72. The molecule has 128 valence electrons. The largest absolute Gasteiger partial charge is 0.392 e. The number of aliphatic hydroxyl groups excluding tert-OH is 1. The van der Waals surface area contributed by atoms with E-state index in [4.69, 9.17) is 0 Å². The topological polar surface area (TPSA) is 61.4 Å². The van der Waals surface area contributed by atoms with Gasteiger partial charge >= 0.3 is 0 Å². The number of halogens is 1. The van der Waals surface area contributed by atoms with Crippen molar-refractivity contribution in [3.63, 3.8) is 0 Å². The van der Waals surface area contributed by atoms with Crippen molar-refractivity contribution in [2.45, 2.75) is 51.2 Å². The number of carbonyl (C=O) groups excluding carboxylic acids is 1. The number of nitrogens with one attached hydrogen (secondary N) is 2. The normalized spacial score (nSPS) is 30.0. The highest BCUT2D eigenvalue weighted by Gasteiger charge is 2.36. The maximum atomic E-state index is 12.6. The third-order valence-corrected chi connectivity index (χ3v) is 5.32. The van der Waals surface area contributed by atoms with Crippen LogP contribution in [0.25, 0.3) is 0 Å². The molecule has 1 amide bonds. The van der Waals surface area contributed by atoms with E-state index in [9.17, 15) is 9.90 Å². The van der Waals surface area contributed by atoms with Crippen molar-refractivity contribution >= 4 is 18.3 Å². The third-order valence-electron chi connectivity index (χ3n) is 5.32. The van der Waals surface area contributed by atoms with E-state index in [1.54, 1.807) is 0 Å². The van der Waals surface area contributed by atoms with Crippen molar-refractivity contribution in [3.05, 3.63) is 35.4 Å². The first-order valence-electron chi connectivity index (χ1n) is 8.37. The van der Waals surface area contributed by atoms with E-state index in [1.807, 2.05) is 18.2 Å². The van der Waals surface area contributed by atoms with E-state index in [-0.39, 0.29) is 35.9 Å². The van der Waals surface area contributed by atoms with Crippen LogP contribution in [0.5, 0.6) is 0 Å². The van der Waals surface area contributed by atoms with Crippen molar-refractivity contribution in [2.75, 3.05) is 13.1 Å². The number of fused-ring (bicyclic) bond motifs is 1. The molecule has 3 atom stereocenters. The van der Waals surface area contributed by atoms with Crippen LogP contribution >= 0.6 is 12.4 Å². The lowest BCUT2D eigenvalue weighted by molar-refractivity contribution is -0.124. The summed E-state index contributed by atoms with van der Waals surface area (Å²) >= 11 is 0. The lowest BCUT2D eigenvalue weighted by atomic mass is 9.73. The Hall–Kier alpha value is -1.10. The second kappa shape index (κ2) is 7.65. The molecule has 0 spiro atoms. The van der Waals surface area contributed by atoms with Crippen molar-refractivity contribution in [1.82, 2.24) is 10.6 Å². The molecule has 23 heavy (non-hydrogen) atoms. The molecular formula is C18H27ClN2O2. The zero-order chi connectivity index (χ0) is 15.6. The first-order chi connectivity index (χ1) is 10.6. The zero-order valence-electron chi connectivity index (χ0n) is 13.7. The van der Waals surface area contributed by atoms with Crippen molar-refractivity contribution in [3.8, 4) is 0 Å². The molecule has 3 rings (SSSR count). The van der Waals surface area contributed by atoms with Gasteiger partial charge in [-0.1, -0.05) is 44.0 Å². The summed E-state index contributed by atoms with van der Waals surface area (Å²) in [5.41, 5.74) is 2.15. The molecule has 5 heteroatoms. The lowest BCUT2D eigenvalue weighted by Crippen LogP contribution is -2.48. The van der Waals surface area contributed by atoms with Gasteiger partial charge in [-0.25, -0.2) is 0 Å². The number of hydrogen-bond donors (Lipinski definition) is 3. The van der Waals surface area contributed by atoms with Gasteiger partial charge in [0.25, 0.3) is 0 Å². The second-order valence-electron chi connectivity index (χ2n) is 6.97. The summed E-state index contributed by atoms with van der Waals surface area (Å²) in [5.74, 6) is 0.0196. The Kier molecular flexibility index (Phi) is 6.06. The third kappa shape index (κ3) is 3.87. The molecule has 0 saturated heterocycles. The van der Waals surface area contributed by atoms with E-state index in [1.165, 1.54) is 5.56 Å². The quantitative estimate of drug-likeness (QED) is 0.793. The van der Waals surface area contributed by atoms with Crippen molar-refractivity contribution < 1.29 is 9.90 Å². The molecule has 1 fully saturated rings. The van der Waals surface area contributed by atoms with Crippen LogP contribution in [0.15, 0.2) is 24.3 Å². The molecule has 0 aromatic heterocycles. The molecule has 0 radical (unpaired) electrons. The van der Waals surface area contributed by atoms with Gasteiger partial charge in [0.1, 0.15) is 6.04 Å². The first kappa shape index (κ1) is 18.2. The SMILES string of the molecule is CC1(CNC(=O)C2NCCc3ccccc32)CCCCC1O.Cl. The molecule has 1 heterocycles. The van der Waals surface area contributed by atoms with Gasteiger partial charge in [0.2, 0.25) is 5.91 Å². The van der Waals surface area contributed by atoms with Gasteiger partial charge in [0.05, 0.1) is 6.10 Å². The van der Waals surface area contributed by atoms with Crippen LogP contribution in [-0.4, -0.2) is 30.2 Å². The molecule has 1 aromatic rings. The van der Waals surface area contributed by atoms with Crippen LogP contribution in [0.4, 0.5) is 0 Å². The molecule has 0 bridgehead atoms. The van der Waals surface area contributed by atoms with Crippen LogP contribution in [0, 0.1) is 5.41 Å². The highest BCUT2D eigenvalue weighted by Crippen LogP contribution is 2.35. The molecule has 1 saturated carbocycles. The van der Waals surface area contributed by atoms with E-state index in [2.05, 4.69) is 23.6 Å². The number of aliphatic hydroxyl groups is 1. The number of benzene rings is 1. The van der Waals surface area contributed by atoms with Crippen LogP contribution in [0.1, 0.15) is 49.8 Å². The molecule has 3 N–H and O–H groups in total. The monoisotopic (exact) mass is 338 g/mol. The Bertz CT molecular complexity index is 552. The summed E-state index contributed by atoms with van der Waals surface area (Å²) in [4.78, 5) is 12.6. The molecule has 4 nitrogen and oxygen atoms in total. The van der Waals surface area contributed by atoms with E-state index >= 15 is 0 Å². The Labute approximate surface area is 144 Å². The summed E-state index contributed by atoms with van der Waals surface area (Å²) in [6.07, 6.45) is 4.69. The van der Waals surface area contributed by atoms with Crippen molar-refractivity contribution in [1.29, 1.82) is 0 Å². The van der Waals surface area contributed by atoms with Crippen LogP contribution in [-0.2, 0) is 11.2 Å². The average Bonchev–Trinajstić information content (AvgIpc) is 2.55. The standard InChI is InChI=1S/C18H26N2O2.ClH/c1-18(10-5-4-8-15(18)21)12-20-17(22)16-14-7-3-2-6-13(14)9-11-19-16;/h2-3,6-7,15-16,19,21H,4-5,8-12H2,1H3,(H,20,22);1H. The Morgan fingerprint density at radius 2 is 2.17 bits per heavy atom. The molecule has 2 aliphatic rings. The van der Waals surface area contributed by atoms with E-state index < -0.39 is 0 Å². The predicted octanol–water partition coefficient (Wildman–Crippen LogP) is 2.35. The van der Waals surface area contributed by atoms with Gasteiger partial charge in [-0.2, -0.15) is 0 Å². The second-order valence-corrected chi connectivity index (χ2v) is 6.97. The van der Waals surface area contributed by atoms with Gasteiger partial charge in [0.15, 0.2) is 0 Å². The fraction of sp³-hybridized carbons (Fsp3) is 0.611. The van der Waals surface area contributed by atoms with E-state index in [0.29, 0.717) is 6.54 Å². The lowest BCUT2D eigenvalue weighted by Gasteiger charge is -2.39. The minimum atomic E-state index is -0.312. The summed E-state index contributed by atoms with van der Waals surface area (Å²) in [7, 11) is 0. The fourth-order valence-electron chi connectivity index (χ4n) is 3.72. The highest BCUT2D eigenvalue weighted by molar-refractivity contribution is 5.85. The zero-order valence-corrected chi connectivity index (χ0v) is 14.5. The molecule has 1 aromatic carbocycles. The summed E-state index contributed by atoms with van der Waals surface area (Å²) in [6, 6.07) is 7.87. The summed E-state index contributed by atoms with van der Waals surface area (Å²) in [6.45, 7) is 3.46. The van der Waals surface area contributed by atoms with Gasteiger partial charge in [-0.3, -0.25) is 4.79 Å². The maximum Gasteiger partial charge on any atom is 0.241 e. The Morgan fingerprint density at radius 3 is 2.96 bits per heavy atom. The number of carbonyl (C=O) groups is 1. The smallest absolute Gasteiger partial charge is 0.241 e. The number of rotatable bonds is 3.